The Morgan fingerprint density at radius 3 is 2.69 bits per heavy atom. The Labute approximate surface area is 80.5 Å². The fraction of sp³-hybridized carbons (Fsp3) is 0.900. The second-order valence-corrected chi connectivity index (χ2v) is 4.72. The van der Waals surface area contributed by atoms with Gasteiger partial charge >= 0.3 is 0 Å². The van der Waals surface area contributed by atoms with Crippen LogP contribution in [0.25, 0.3) is 0 Å². The predicted octanol–water partition coefficient (Wildman–Crippen LogP) is 0.853. The minimum absolute atomic E-state index is 0.00231. The highest BCUT2D eigenvalue weighted by molar-refractivity contribution is 5.81. The first-order valence-corrected chi connectivity index (χ1v) is 4.88. The van der Waals surface area contributed by atoms with Crippen molar-refractivity contribution in [1.29, 1.82) is 0 Å². The number of likely N-dealkylation sites (N-methyl/N-ethyl adjacent to an activating group) is 2. The second kappa shape index (κ2) is 3.66. The Morgan fingerprint density at radius 1 is 1.54 bits per heavy atom. The first-order valence-electron chi connectivity index (χ1n) is 4.88. The summed E-state index contributed by atoms with van der Waals surface area (Å²) in [7, 11) is 3.74. The monoisotopic (exact) mass is 184 g/mol. The smallest absolute Gasteiger partial charge is 0.239 e. The minimum Gasteiger partial charge on any atom is -0.344 e. The SMILES string of the molecule is CNC1CC(C)(C)CCN(C)C1=O. The average molecular weight is 184 g/mol. The van der Waals surface area contributed by atoms with Crippen molar-refractivity contribution < 1.29 is 4.79 Å². The zero-order valence-electron chi connectivity index (χ0n) is 9.05. The average Bonchev–Trinajstić information content (AvgIpc) is 2.17. The summed E-state index contributed by atoms with van der Waals surface area (Å²) in [6.45, 7) is 5.33. The zero-order valence-corrected chi connectivity index (χ0v) is 9.05. The predicted molar refractivity (Wildman–Crippen MR) is 53.5 cm³/mol. The summed E-state index contributed by atoms with van der Waals surface area (Å²) in [6, 6.07) is 0.00231. The van der Waals surface area contributed by atoms with Gasteiger partial charge in [0, 0.05) is 13.6 Å². The standard InChI is InChI=1S/C10H20N2O/c1-10(2)5-6-12(4)9(13)8(7-10)11-3/h8,11H,5-7H2,1-4H3. The van der Waals surface area contributed by atoms with Gasteiger partial charge in [-0.3, -0.25) is 4.79 Å². The summed E-state index contributed by atoms with van der Waals surface area (Å²) in [6.07, 6.45) is 2.03. The van der Waals surface area contributed by atoms with Gasteiger partial charge in [0.25, 0.3) is 0 Å². The molecular weight excluding hydrogens is 164 g/mol. The van der Waals surface area contributed by atoms with Crippen LogP contribution in [0, 0.1) is 5.41 Å². The molecule has 0 bridgehead atoms. The van der Waals surface area contributed by atoms with Gasteiger partial charge in [-0.1, -0.05) is 13.8 Å². The molecule has 1 aliphatic rings. The van der Waals surface area contributed by atoms with Gasteiger partial charge in [0.1, 0.15) is 0 Å². The number of carbonyl (C=O) groups is 1. The molecule has 0 aromatic carbocycles. The van der Waals surface area contributed by atoms with Crippen molar-refractivity contribution in [3.05, 3.63) is 0 Å². The highest BCUT2D eigenvalue weighted by Gasteiger charge is 2.32. The van der Waals surface area contributed by atoms with E-state index >= 15 is 0 Å². The molecule has 1 heterocycles. The summed E-state index contributed by atoms with van der Waals surface area (Å²) in [5.41, 5.74) is 0.272. The Kier molecular flexibility index (Phi) is 2.96. The highest BCUT2D eigenvalue weighted by Crippen LogP contribution is 2.29. The molecule has 3 heteroatoms. The van der Waals surface area contributed by atoms with Crippen LogP contribution >= 0.6 is 0 Å². The van der Waals surface area contributed by atoms with Gasteiger partial charge in [-0.15, -0.1) is 0 Å². The summed E-state index contributed by atoms with van der Waals surface area (Å²) in [4.78, 5) is 13.6. The third kappa shape index (κ3) is 2.44. The molecule has 0 spiro atoms. The quantitative estimate of drug-likeness (QED) is 0.655. The summed E-state index contributed by atoms with van der Waals surface area (Å²) >= 11 is 0. The van der Waals surface area contributed by atoms with E-state index in [1.54, 1.807) is 0 Å². The number of hydrogen-bond donors (Lipinski definition) is 1. The van der Waals surface area contributed by atoms with E-state index in [1.165, 1.54) is 0 Å². The number of nitrogens with one attached hydrogen (secondary N) is 1. The van der Waals surface area contributed by atoms with Gasteiger partial charge in [0.05, 0.1) is 6.04 Å². The zero-order chi connectivity index (χ0) is 10.1. The molecule has 0 aliphatic carbocycles. The van der Waals surface area contributed by atoms with E-state index in [0.717, 1.165) is 19.4 Å². The molecule has 0 aromatic heterocycles. The van der Waals surface area contributed by atoms with Crippen molar-refractivity contribution in [3.63, 3.8) is 0 Å². The third-order valence-corrected chi connectivity index (χ3v) is 2.90. The van der Waals surface area contributed by atoms with Crippen LogP contribution in [0.3, 0.4) is 0 Å². The normalized spacial score (nSPS) is 28.8. The topological polar surface area (TPSA) is 32.3 Å². The molecule has 1 amide bonds. The van der Waals surface area contributed by atoms with Crippen LogP contribution < -0.4 is 5.32 Å². The maximum atomic E-state index is 11.7. The van der Waals surface area contributed by atoms with Crippen LogP contribution in [0.2, 0.25) is 0 Å². The molecule has 1 fully saturated rings. The van der Waals surface area contributed by atoms with Crippen molar-refractivity contribution >= 4 is 5.91 Å². The lowest BCUT2D eigenvalue weighted by atomic mass is 9.83. The van der Waals surface area contributed by atoms with Crippen molar-refractivity contribution in [1.82, 2.24) is 10.2 Å². The van der Waals surface area contributed by atoms with Gasteiger partial charge in [-0.2, -0.15) is 0 Å². The van der Waals surface area contributed by atoms with Gasteiger partial charge < -0.3 is 10.2 Å². The first kappa shape index (κ1) is 10.5. The second-order valence-electron chi connectivity index (χ2n) is 4.72. The lowest BCUT2D eigenvalue weighted by molar-refractivity contribution is -0.131. The van der Waals surface area contributed by atoms with Crippen LogP contribution in [0.1, 0.15) is 26.7 Å². The molecule has 1 N–H and O–H groups in total. The van der Waals surface area contributed by atoms with E-state index in [9.17, 15) is 4.79 Å². The van der Waals surface area contributed by atoms with Crippen molar-refractivity contribution in [3.8, 4) is 0 Å². The largest absolute Gasteiger partial charge is 0.344 e. The maximum absolute atomic E-state index is 11.7. The third-order valence-electron chi connectivity index (χ3n) is 2.90. The fourth-order valence-corrected chi connectivity index (χ4v) is 1.81. The number of likely N-dealkylation sites (tertiary alicyclic amines) is 1. The Bertz CT molecular complexity index is 201. The molecule has 1 atom stereocenters. The molecule has 0 aromatic rings. The van der Waals surface area contributed by atoms with Gasteiger partial charge in [-0.25, -0.2) is 0 Å². The highest BCUT2D eigenvalue weighted by atomic mass is 16.2. The van der Waals surface area contributed by atoms with Crippen LogP contribution in [-0.2, 0) is 4.79 Å². The molecule has 0 radical (unpaired) electrons. The summed E-state index contributed by atoms with van der Waals surface area (Å²) < 4.78 is 0. The molecule has 1 rings (SSSR count). The Morgan fingerprint density at radius 2 is 2.15 bits per heavy atom. The number of nitrogens with zero attached hydrogens (tertiary/aromatic N) is 1. The number of amides is 1. The Balaban J connectivity index is 2.76. The van der Waals surface area contributed by atoms with Gasteiger partial charge in [-0.05, 0) is 25.3 Å². The summed E-state index contributed by atoms with van der Waals surface area (Å²) in [5, 5.41) is 3.09. The minimum atomic E-state index is 0.00231. The van der Waals surface area contributed by atoms with Gasteiger partial charge in [0.2, 0.25) is 5.91 Å². The van der Waals surface area contributed by atoms with Crippen LogP contribution in [0.4, 0.5) is 0 Å². The van der Waals surface area contributed by atoms with Gasteiger partial charge in [0.15, 0.2) is 0 Å². The molecule has 1 aliphatic heterocycles. The lowest BCUT2D eigenvalue weighted by Crippen LogP contribution is -2.42. The summed E-state index contributed by atoms with van der Waals surface area (Å²) in [5.74, 6) is 0.230. The van der Waals surface area contributed by atoms with E-state index in [1.807, 2.05) is 19.0 Å². The van der Waals surface area contributed by atoms with E-state index < -0.39 is 0 Å². The number of carbonyl (C=O) groups excluding carboxylic acids is 1. The van der Waals surface area contributed by atoms with E-state index in [-0.39, 0.29) is 17.4 Å². The lowest BCUT2D eigenvalue weighted by Gasteiger charge is -2.24. The van der Waals surface area contributed by atoms with E-state index in [4.69, 9.17) is 0 Å². The molecule has 0 saturated carbocycles. The van der Waals surface area contributed by atoms with Crippen LogP contribution in [0.5, 0.6) is 0 Å². The molecule has 1 saturated heterocycles. The fourth-order valence-electron chi connectivity index (χ4n) is 1.81. The number of hydrogen-bond acceptors (Lipinski definition) is 2. The van der Waals surface area contributed by atoms with E-state index in [2.05, 4.69) is 19.2 Å². The molecular formula is C10H20N2O. The van der Waals surface area contributed by atoms with Crippen molar-refractivity contribution in [2.45, 2.75) is 32.7 Å². The maximum Gasteiger partial charge on any atom is 0.239 e. The van der Waals surface area contributed by atoms with Crippen molar-refractivity contribution in [2.24, 2.45) is 5.41 Å². The van der Waals surface area contributed by atoms with E-state index in [0.29, 0.717) is 0 Å². The Hall–Kier alpha value is -0.570. The van der Waals surface area contributed by atoms with Crippen molar-refractivity contribution in [2.75, 3.05) is 20.6 Å². The van der Waals surface area contributed by atoms with Crippen LogP contribution in [-0.4, -0.2) is 37.5 Å². The molecule has 13 heavy (non-hydrogen) atoms. The molecule has 76 valence electrons. The van der Waals surface area contributed by atoms with Crippen LogP contribution in [0.15, 0.2) is 0 Å². The molecule has 1 unspecified atom stereocenters. The first-order chi connectivity index (χ1) is 5.96. The molecule has 3 nitrogen and oxygen atoms in total. The number of rotatable bonds is 1.